The third-order valence-electron chi connectivity index (χ3n) is 6.65. The zero-order chi connectivity index (χ0) is 21.1. The van der Waals surface area contributed by atoms with E-state index in [0.29, 0.717) is 5.54 Å². The van der Waals surface area contributed by atoms with Gasteiger partial charge in [0.2, 0.25) is 0 Å². The van der Waals surface area contributed by atoms with E-state index in [1.165, 1.54) is 10.8 Å². The highest BCUT2D eigenvalue weighted by Gasteiger charge is 2.50. The molecule has 0 aromatic heterocycles. The van der Waals surface area contributed by atoms with E-state index < -0.39 is 8.07 Å². The molecule has 1 aliphatic rings. The molecule has 4 heteroatoms. The van der Waals surface area contributed by atoms with Gasteiger partial charge in [0.1, 0.15) is 0 Å². The van der Waals surface area contributed by atoms with Gasteiger partial charge in [0.05, 0.1) is 19.3 Å². The van der Waals surface area contributed by atoms with Crippen molar-refractivity contribution >= 4 is 20.4 Å². The minimum Gasteiger partial charge on any atom is -0.403 e. The maximum Gasteiger partial charge on any atom is 0.458 e. The van der Waals surface area contributed by atoms with Crippen LogP contribution in [0.5, 0.6) is 0 Å². The van der Waals surface area contributed by atoms with Crippen molar-refractivity contribution in [1.29, 1.82) is 0 Å². The SMILES string of the molecule is CC1(C)OB(CC/C=C/C(c2ccccc2)[Si](C)(C)c2ccccc2)OC1(C)C. The van der Waals surface area contributed by atoms with Gasteiger partial charge in [-0.15, -0.1) is 0 Å². The lowest BCUT2D eigenvalue weighted by molar-refractivity contribution is 0.00578. The molecule has 154 valence electrons. The first-order valence-corrected chi connectivity index (χ1v) is 13.8. The highest BCUT2D eigenvalue weighted by molar-refractivity contribution is 6.91. The first-order chi connectivity index (χ1) is 13.6. The predicted molar refractivity (Wildman–Crippen MR) is 127 cm³/mol. The zero-order valence-electron chi connectivity index (χ0n) is 18.8. The van der Waals surface area contributed by atoms with Crippen molar-refractivity contribution in [2.75, 3.05) is 0 Å². The first kappa shape index (κ1) is 22.1. The summed E-state index contributed by atoms with van der Waals surface area (Å²) < 4.78 is 12.3. The Kier molecular flexibility index (Phi) is 6.57. The minimum atomic E-state index is -1.73. The lowest BCUT2D eigenvalue weighted by Crippen LogP contribution is -2.47. The largest absolute Gasteiger partial charge is 0.458 e. The second-order valence-electron chi connectivity index (χ2n) is 9.67. The van der Waals surface area contributed by atoms with Crippen LogP contribution in [0.3, 0.4) is 0 Å². The van der Waals surface area contributed by atoms with Crippen LogP contribution in [0.2, 0.25) is 19.4 Å². The summed E-state index contributed by atoms with van der Waals surface area (Å²) in [7, 11) is -1.85. The molecule has 2 nitrogen and oxygen atoms in total. The maximum absolute atomic E-state index is 6.14. The van der Waals surface area contributed by atoms with Gasteiger partial charge in [0.15, 0.2) is 0 Å². The van der Waals surface area contributed by atoms with Crippen LogP contribution in [-0.4, -0.2) is 26.4 Å². The molecule has 1 saturated heterocycles. The molecule has 0 spiro atoms. The summed E-state index contributed by atoms with van der Waals surface area (Å²) in [6.45, 7) is 13.4. The standard InChI is InChI=1S/C25H35BO2Si/c1-24(2)25(3,4)28-26(27-24)20-14-13-19-23(21-15-9-7-10-16-21)29(5,6)22-17-11-8-12-18-22/h7-13,15-19,23H,14,20H2,1-6H3/b19-13+. The van der Waals surface area contributed by atoms with Crippen molar-refractivity contribution in [3.63, 3.8) is 0 Å². The van der Waals surface area contributed by atoms with Crippen molar-refractivity contribution in [2.24, 2.45) is 0 Å². The number of rotatable bonds is 7. The molecule has 0 saturated carbocycles. The first-order valence-electron chi connectivity index (χ1n) is 10.8. The van der Waals surface area contributed by atoms with E-state index in [4.69, 9.17) is 9.31 Å². The fourth-order valence-electron chi connectivity index (χ4n) is 4.02. The van der Waals surface area contributed by atoms with Crippen LogP contribution in [0.15, 0.2) is 72.8 Å². The Balaban J connectivity index is 1.73. The number of allylic oxidation sites excluding steroid dienone is 2. The van der Waals surface area contributed by atoms with Crippen molar-refractivity contribution in [2.45, 2.75) is 70.3 Å². The molecule has 0 aliphatic carbocycles. The molecule has 3 rings (SSSR count). The molecular weight excluding hydrogens is 371 g/mol. The molecular formula is C25H35BO2Si. The molecule has 29 heavy (non-hydrogen) atoms. The molecule has 1 unspecified atom stereocenters. The molecule has 2 aromatic carbocycles. The van der Waals surface area contributed by atoms with Crippen LogP contribution in [-0.2, 0) is 9.31 Å². The van der Waals surface area contributed by atoms with Crippen molar-refractivity contribution in [1.82, 2.24) is 0 Å². The van der Waals surface area contributed by atoms with E-state index in [2.05, 4.69) is 114 Å². The van der Waals surface area contributed by atoms with Gasteiger partial charge in [-0.25, -0.2) is 0 Å². The second kappa shape index (κ2) is 8.63. The third-order valence-corrected chi connectivity index (χ3v) is 10.6. The normalized spacial score (nSPS) is 19.6. The Labute approximate surface area is 178 Å². The molecule has 1 fully saturated rings. The van der Waals surface area contributed by atoms with Gasteiger partial charge in [-0.3, -0.25) is 0 Å². The summed E-state index contributed by atoms with van der Waals surface area (Å²) in [6.07, 6.45) is 6.61. The minimum absolute atomic E-state index is 0.126. The summed E-state index contributed by atoms with van der Waals surface area (Å²) in [6, 6.07) is 21.9. The van der Waals surface area contributed by atoms with Crippen molar-refractivity contribution in [3.05, 3.63) is 78.4 Å². The lowest BCUT2D eigenvalue weighted by atomic mass is 9.83. The van der Waals surface area contributed by atoms with Gasteiger partial charge < -0.3 is 9.31 Å². The Morgan fingerprint density at radius 2 is 1.38 bits per heavy atom. The van der Waals surface area contributed by atoms with Crippen LogP contribution >= 0.6 is 0 Å². The molecule has 2 aromatic rings. The number of hydrogen-bond donors (Lipinski definition) is 0. The molecule has 1 heterocycles. The highest BCUT2D eigenvalue weighted by Crippen LogP contribution is 2.38. The Hall–Kier alpha value is -1.62. The molecule has 0 amide bonds. The van der Waals surface area contributed by atoms with Crippen LogP contribution < -0.4 is 5.19 Å². The Morgan fingerprint density at radius 3 is 1.93 bits per heavy atom. The van der Waals surface area contributed by atoms with Crippen LogP contribution in [0.4, 0.5) is 0 Å². The van der Waals surface area contributed by atoms with Crippen molar-refractivity contribution < 1.29 is 9.31 Å². The Morgan fingerprint density at radius 1 is 0.862 bits per heavy atom. The average Bonchev–Trinajstić information content (AvgIpc) is 2.89. The fourth-order valence-corrected chi connectivity index (χ4v) is 7.08. The van der Waals surface area contributed by atoms with Gasteiger partial charge in [-0.2, -0.15) is 0 Å². The molecule has 1 aliphatic heterocycles. The summed E-state index contributed by atoms with van der Waals surface area (Å²) in [5.74, 6) is 0. The monoisotopic (exact) mass is 406 g/mol. The van der Waals surface area contributed by atoms with Crippen LogP contribution in [0, 0.1) is 0 Å². The molecule has 1 atom stereocenters. The average molecular weight is 406 g/mol. The molecule has 0 radical (unpaired) electrons. The quantitative estimate of drug-likeness (QED) is 0.417. The predicted octanol–water partition coefficient (Wildman–Crippen LogP) is 5.96. The smallest absolute Gasteiger partial charge is 0.403 e. The summed E-state index contributed by atoms with van der Waals surface area (Å²) in [4.78, 5) is 0. The van der Waals surface area contributed by atoms with E-state index in [0.717, 1.165) is 12.7 Å². The van der Waals surface area contributed by atoms with Gasteiger partial charge in [-0.05, 0) is 46.0 Å². The van der Waals surface area contributed by atoms with Crippen molar-refractivity contribution in [3.8, 4) is 0 Å². The summed E-state index contributed by atoms with van der Waals surface area (Å²) in [5.41, 5.74) is 1.33. The highest BCUT2D eigenvalue weighted by atomic mass is 28.3. The summed E-state index contributed by atoms with van der Waals surface area (Å²) in [5, 5.41) is 1.49. The third kappa shape index (κ3) is 4.93. The van der Waals surface area contributed by atoms with E-state index in [-0.39, 0.29) is 18.3 Å². The summed E-state index contributed by atoms with van der Waals surface area (Å²) >= 11 is 0. The van der Waals surface area contributed by atoms with Gasteiger partial charge in [0, 0.05) is 5.54 Å². The molecule has 0 bridgehead atoms. The van der Waals surface area contributed by atoms with Gasteiger partial charge >= 0.3 is 7.12 Å². The van der Waals surface area contributed by atoms with E-state index in [9.17, 15) is 0 Å². The van der Waals surface area contributed by atoms with E-state index in [1.54, 1.807) is 0 Å². The maximum atomic E-state index is 6.14. The topological polar surface area (TPSA) is 18.5 Å². The lowest BCUT2D eigenvalue weighted by Gasteiger charge is -2.32. The van der Waals surface area contributed by atoms with E-state index in [1.807, 2.05) is 0 Å². The van der Waals surface area contributed by atoms with Gasteiger partial charge in [0.25, 0.3) is 0 Å². The Bertz CT molecular complexity index is 799. The molecule has 0 N–H and O–H groups in total. The van der Waals surface area contributed by atoms with E-state index >= 15 is 0 Å². The van der Waals surface area contributed by atoms with Gasteiger partial charge in [-0.1, -0.05) is 91.1 Å². The fraction of sp³-hybridized carbons (Fsp3) is 0.440. The zero-order valence-corrected chi connectivity index (χ0v) is 19.8. The second-order valence-corrected chi connectivity index (χ2v) is 14.3. The number of benzene rings is 2. The van der Waals surface area contributed by atoms with Crippen LogP contribution in [0.1, 0.15) is 45.2 Å². The van der Waals surface area contributed by atoms with Crippen LogP contribution in [0.25, 0.3) is 0 Å². The number of hydrogen-bond acceptors (Lipinski definition) is 2.